The molecule has 1 fully saturated rings. The van der Waals surface area contributed by atoms with Crippen LogP contribution in [0.3, 0.4) is 0 Å². The van der Waals surface area contributed by atoms with Crippen LogP contribution in [-0.4, -0.2) is 48.4 Å². The van der Waals surface area contributed by atoms with Crippen LogP contribution in [0.4, 0.5) is 16.4 Å². The van der Waals surface area contributed by atoms with Crippen molar-refractivity contribution in [1.29, 1.82) is 0 Å². The Balaban J connectivity index is 1.81. The van der Waals surface area contributed by atoms with Gasteiger partial charge in [-0.2, -0.15) is 0 Å². The van der Waals surface area contributed by atoms with E-state index in [2.05, 4.69) is 66.3 Å². The van der Waals surface area contributed by atoms with Crippen molar-refractivity contribution >= 4 is 33.5 Å². The van der Waals surface area contributed by atoms with E-state index >= 15 is 0 Å². The highest BCUT2D eigenvalue weighted by atomic mass is 32.1. The highest BCUT2D eigenvalue weighted by Crippen LogP contribution is 2.39. The number of hydrogen-bond donors (Lipinski definition) is 1. The molecule has 0 amide bonds. The first-order valence-electron chi connectivity index (χ1n) is 8.12. The molecule has 2 aliphatic rings. The molecular formula is C18H22N4S. The molecule has 4 rings (SSSR count). The highest BCUT2D eigenvalue weighted by Gasteiger charge is 2.28. The van der Waals surface area contributed by atoms with Crippen LogP contribution < -0.4 is 5.32 Å². The monoisotopic (exact) mass is 326 g/mol. The molecule has 0 radical (unpaired) electrons. The van der Waals surface area contributed by atoms with Crippen LogP contribution in [0.5, 0.6) is 0 Å². The van der Waals surface area contributed by atoms with Crippen molar-refractivity contribution in [2.45, 2.75) is 19.9 Å². The number of rotatable bonds is 0. The summed E-state index contributed by atoms with van der Waals surface area (Å²) in [5.41, 5.74) is 3.35. The van der Waals surface area contributed by atoms with Gasteiger partial charge in [0, 0.05) is 30.6 Å². The number of nitrogens with one attached hydrogen (secondary N) is 1. The molecular weight excluding hydrogens is 304 g/mol. The summed E-state index contributed by atoms with van der Waals surface area (Å²) in [6, 6.07) is 11.1. The lowest BCUT2D eigenvalue weighted by Gasteiger charge is -2.39. The Morgan fingerprint density at radius 1 is 1.26 bits per heavy atom. The molecule has 5 heteroatoms. The van der Waals surface area contributed by atoms with Gasteiger partial charge in [0.25, 0.3) is 0 Å². The predicted octanol–water partition coefficient (Wildman–Crippen LogP) is 3.83. The number of anilines is 2. The zero-order valence-electron chi connectivity index (χ0n) is 13.8. The molecule has 4 nitrogen and oxygen atoms in total. The van der Waals surface area contributed by atoms with Gasteiger partial charge in [-0.1, -0.05) is 12.1 Å². The minimum Gasteiger partial charge on any atom is -0.353 e. The summed E-state index contributed by atoms with van der Waals surface area (Å²) in [7, 11) is 2.20. The average Bonchev–Trinajstić information content (AvgIpc) is 2.82. The van der Waals surface area contributed by atoms with Crippen LogP contribution in [0.25, 0.3) is 0 Å². The summed E-state index contributed by atoms with van der Waals surface area (Å²) < 4.78 is 0. The van der Waals surface area contributed by atoms with E-state index in [0.717, 1.165) is 36.8 Å². The first-order chi connectivity index (χ1) is 11.1. The maximum Gasteiger partial charge on any atom is 0.139 e. The number of amidine groups is 1. The summed E-state index contributed by atoms with van der Waals surface area (Å²) in [6.07, 6.45) is 0. The molecule has 2 aromatic rings. The number of para-hydroxylation sites is 2. The fourth-order valence-electron chi connectivity index (χ4n) is 3.23. The first-order valence-corrected chi connectivity index (χ1v) is 8.94. The number of fused-ring (bicyclic) bond motifs is 2. The topological polar surface area (TPSA) is 30.9 Å². The summed E-state index contributed by atoms with van der Waals surface area (Å²) in [4.78, 5) is 11.2. The second kappa shape index (κ2) is 5.65. The third kappa shape index (κ3) is 2.64. The van der Waals surface area contributed by atoms with Gasteiger partial charge in [0.1, 0.15) is 10.8 Å². The predicted molar refractivity (Wildman–Crippen MR) is 98.6 cm³/mol. The number of benzene rings is 1. The first kappa shape index (κ1) is 14.7. The number of nitrogens with zero attached hydrogens (tertiary/aromatic N) is 3. The van der Waals surface area contributed by atoms with Crippen molar-refractivity contribution in [3.63, 3.8) is 0 Å². The standard InChI is InChI=1S/C18H22N4S/c1-12-11-22(9-8-21(12)3)17-14-10-13(2)23-18(14)20-16-7-5-4-6-15(16)19-17/h4-7,10,12,20H,8-9,11H2,1-3H3/t12-/m0/s1. The lowest BCUT2D eigenvalue weighted by molar-refractivity contribution is 0.153. The average molecular weight is 326 g/mol. The normalized spacial score (nSPS) is 21.1. The zero-order chi connectivity index (χ0) is 16.0. The maximum atomic E-state index is 5.05. The molecule has 120 valence electrons. The number of aliphatic imine (C=N–C) groups is 1. The summed E-state index contributed by atoms with van der Waals surface area (Å²) >= 11 is 1.81. The molecule has 1 aromatic heterocycles. The molecule has 1 atom stereocenters. The third-order valence-electron chi connectivity index (χ3n) is 4.73. The van der Waals surface area contributed by atoms with E-state index in [1.165, 1.54) is 15.4 Å². The van der Waals surface area contributed by atoms with E-state index in [0.29, 0.717) is 6.04 Å². The second-order valence-electron chi connectivity index (χ2n) is 6.45. The van der Waals surface area contributed by atoms with Crippen LogP contribution in [0.2, 0.25) is 0 Å². The van der Waals surface area contributed by atoms with E-state index in [-0.39, 0.29) is 0 Å². The number of piperazine rings is 1. The second-order valence-corrected chi connectivity index (χ2v) is 7.71. The van der Waals surface area contributed by atoms with E-state index in [1.54, 1.807) is 0 Å². The Kier molecular flexibility index (Phi) is 3.62. The summed E-state index contributed by atoms with van der Waals surface area (Å²) in [5.74, 6) is 1.11. The van der Waals surface area contributed by atoms with Crippen molar-refractivity contribution in [2.24, 2.45) is 4.99 Å². The summed E-state index contributed by atoms with van der Waals surface area (Å²) in [5, 5.41) is 4.79. The highest BCUT2D eigenvalue weighted by molar-refractivity contribution is 7.16. The van der Waals surface area contributed by atoms with Crippen LogP contribution in [-0.2, 0) is 0 Å². The fourth-order valence-corrected chi connectivity index (χ4v) is 4.15. The summed E-state index contributed by atoms with van der Waals surface area (Å²) in [6.45, 7) is 7.57. The van der Waals surface area contributed by atoms with Gasteiger partial charge in [-0.15, -0.1) is 11.3 Å². The lowest BCUT2D eigenvalue weighted by Crippen LogP contribution is -2.52. The molecule has 0 spiro atoms. The van der Waals surface area contributed by atoms with Crippen molar-refractivity contribution < 1.29 is 0 Å². The smallest absolute Gasteiger partial charge is 0.139 e. The van der Waals surface area contributed by atoms with Crippen molar-refractivity contribution in [3.05, 3.63) is 40.8 Å². The van der Waals surface area contributed by atoms with Gasteiger partial charge in [-0.3, -0.25) is 0 Å². The number of aryl methyl sites for hydroxylation is 1. The molecule has 3 heterocycles. The molecule has 0 saturated carbocycles. The molecule has 1 N–H and O–H groups in total. The molecule has 2 aliphatic heterocycles. The minimum absolute atomic E-state index is 0.543. The van der Waals surface area contributed by atoms with Gasteiger partial charge in [0.05, 0.1) is 16.9 Å². The fraction of sp³-hybridized carbons (Fsp3) is 0.389. The molecule has 0 unspecified atom stereocenters. The number of likely N-dealkylation sites (N-methyl/N-ethyl adjacent to an activating group) is 1. The van der Waals surface area contributed by atoms with Crippen LogP contribution in [0.1, 0.15) is 17.4 Å². The third-order valence-corrected chi connectivity index (χ3v) is 5.70. The van der Waals surface area contributed by atoms with Crippen LogP contribution in [0.15, 0.2) is 35.3 Å². The van der Waals surface area contributed by atoms with Gasteiger partial charge in [0.2, 0.25) is 0 Å². The quantitative estimate of drug-likeness (QED) is 0.798. The van der Waals surface area contributed by atoms with Crippen molar-refractivity contribution in [1.82, 2.24) is 9.80 Å². The SMILES string of the molecule is Cc1cc2c(s1)Nc1ccccc1N=C2N1CCN(C)[C@@H](C)C1. The molecule has 0 aliphatic carbocycles. The Hall–Kier alpha value is -1.85. The Morgan fingerprint density at radius 2 is 2.09 bits per heavy atom. The molecule has 1 aromatic carbocycles. The van der Waals surface area contributed by atoms with E-state index in [4.69, 9.17) is 4.99 Å². The van der Waals surface area contributed by atoms with Crippen molar-refractivity contribution in [3.8, 4) is 0 Å². The Bertz CT molecular complexity index is 764. The van der Waals surface area contributed by atoms with Gasteiger partial charge in [0.15, 0.2) is 0 Å². The largest absolute Gasteiger partial charge is 0.353 e. The minimum atomic E-state index is 0.543. The van der Waals surface area contributed by atoms with E-state index in [1.807, 2.05) is 11.3 Å². The van der Waals surface area contributed by atoms with Crippen LogP contribution >= 0.6 is 11.3 Å². The van der Waals surface area contributed by atoms with Crippen LogP contribution in [0, 0.1) is 6.92 Å². The molecule has 0 bridgehead atoms. The number of thiophene rings is 1. The van der Waals surface area contributed by atoms with Gasteiger partial charge in [-0.25, -0.2) is 4.99 Å². The van der Waals surface area contributed by atoms with Crippen molar-refractivity contribution in [2.75, 3.05) is 32.0 Å². The van der Waals surface area contributed by atoms with Gasteiger partial charge < -0.3 is 15.1 Å². The Morgan fingerprint density at radius 3 is 2.91 bits per heavy atom. The number of hydrogen-bond acceptors (Lipinski definition) is 5. The molecule has 23 heavy (non-hydrogen) atoms. The maximum absolute atomic E-state index is 5.05. The van der Waals surface area contributed by atoms with E-state index in [9.17, 15) is 0 Å². The lowest BCUT2D eigenvalue weighted by atomic mass is 10.1. The molecule has 1 saturated heterocycles. The van der Waals surface area contributed by atoms with Gasteiger partial charge >= 0.3 is 0 Å². The zero-order valence-corrected chi connectivity index (χ0v) is 14.7. The Labute approximate surface area is 141 Å². The van der Waals surface area contributed by atoms with Gasteiger partial charge in [-0.05, 0) is 39.1 Å². The van der Waals surface area contributed by atoms with E-state index < -0.39 is 0 Å².